The Kier molecular flexibility index (Phi) is 2.71. The van der Waals surface area contributed by atoms with Crippen molar-refractivity contribution in [3.05, 3.63) is 0 Å². The quantitative estimate of drug-likeness (QED) is 0.703. The fraction of sp³-hybridized carbons (Fsp3) is 1.00. The van der Waals surface area contributed by atoms with E-state index in [0.29, 0.717) is 6.04 Å². The minimum Gasteiger partial charge on any atom is -0.328 e. The molecule has 0 aromatic rings. The molecule has 86 valence electrons. The molecule has 0 radical (unpaired) electrons. The molecule has 3 aliphatic rings. The van der Waals surface area contributed by atoms with Crippen LogP contribution in [-0.2, 0) is 0 Å². The molecule has 0 aromatic carbocycles. The van der Waals surface area contributed by atoms with Gasteiger partial charge in [0.15, 0.2) is 0 Å². The third kappa shape index (κ3) is 2.05. The minimum atomic E-state index is 0.481. The fourth-order valence-corrected chi connectivity index (χ4v) is 3.51. The highest BCUT2D eigenvalue weighted by Crippen LogP contribution is 2.28. The van der Waals surface area contributed by atoms with Crippen LogP contribution in [0.25, 0.3) is 0 Å². The smallest absolute Gasteiger partial charge is 0.0111 e. The van der Waals surface area contributed by atoms with Crippen molar-refractivity contribution in [1.29, 1.82) is 0 Å². The highest BCUT2D eigenvalue weighted by atomic mass is 15.2. The molecule has 3 rings (SSSR count). The van der Waals surface area contributed by atoms with Gasteiger partial charge in [-0.2, -0.15) is 0 Å². The molecular weight excluding hydrogens is 186 g/mol. The predicted molar refractivity (Wildman–Crippen MR) is 61.8 cm³/mol. The molecule has 0 amide bonds. The van der Waals surface area contributed by atoms with E-state index in [1.165, 1.54) is 51.6 Å². The second-order valence-electron chi connectivity index (χ2n) is 5.65. The van der Waals surface area contributed by atoms with Crippen molar-refractivity contribution in [2.75, 3.05) is 13.1 Å². The maximum absolute atomic E-state index is 5.81. The van der Waals surface area contributed by atoms with Crippen molar-refractivity contribution >= 4 is 0 Å². The maximum Gasteiger partial charge on any atom is 0.0111 e. The molecule has 2 aliphatic heterocycles. The van der Waals surface area contributed by atoms with Gasteiger partial charge in [0.05, 0.1) is 0 Å². The molecule has 2 atom stereocenters. The second kappa shape index (κ2) is 4.04. The van der Waals surface area contributed by atoms with Crippen LogP contribution in [0.4, 0.5) is 0 Å². The van der Waals surface area contributed by atoms with Crippen LogP contribution in [-0.4, -0.2) is 42.2 Å². The maximum atomic E-state index is 5.81. The van der Waals surface area contributed by atoms with E-state index in [4.69, 9.17) is 5.73 Å². The van der Waals surface area contributed by atoms with Gasteiger partial charge in [0.1, 0.15) is 0 Å². The lowest BCUT2D eigenvalue weighted by atomic mass is 9.86. The number of fused-ring (bicyclic) bond motifs is 1. The number of nitrogens with two attached hydrogens (primary N) is 1. The van der Waals surface area contributed by atoms with E-state index in [1.54, 1.807) is 0 Å². The Hall–Kier alpha value is -0.120. The Morgan fingerprint density at radius 1 is 1.00 bits per heavy atom. The van der Waals surface area contributed by atoms with E-state index < -0.39 is 0 Å². The molecule has 2 unspecified atom stereocenters. The zero-order valence-corrected chi connectivity index (χ0v) is 9.49. The van der Waals surface area contributed by atoms with E-state index in [0.717, 1.165) is 18.1 Å². The highest BCUT2D eigenvalue weighted by molar-refractivity contribution is 4.94. The Morgan fingerprint density at radius 3 is 2.67 bits per heavy atom. The summed E-state index contributed by atoms with van der Waals surface area (Å²) in [6.45, 7) is 2.67. The van der Waals surface area contributed by atoms with Crippen LogP contribution in [0.5, 0.6) is 0 Å². The van der Waals surface area contributed by atoms with Crippen molar-refractivity contribution in [3.63, 3.8) is 0 Å². The largest absolute Gasteiger partial charge is 0.328 e. The molecule has 0 aromatic heterocycles. The topological polar surface area (TPSA) is 41.3 Å². The molecule has 15 heavy (non-hydrogen) atoms. The first-order valence-corrected chi connectivity index (χ1v) is 6.57. The van der Waals surface area contributed by atoms with E-state index in [1.807, 2.05) is 0 Å². The lowest BCUT2D eigenvalue weighted by molar-refractivity contribution is 0.146. The Labute approximate surface area is 92.4 Å². The van der Waals surface area contributed by atoms with Crippen LogP contribution >= 0.6 is 0 Å². The van der Waals surface area contributed by atoms with Gasteiger partial charge >= 0.3 is 0 Å². The first-order chi connectivity index (χ1) is 7.31. The standard InChI is InChI=1S/C12H23N3/c13-9-6-11(7-9)14-10-3-5-15-4-1-2-12(15)8-10/h9-12,14H,1-8,13H2. The molecule has 0 bridgehead atoms. The molecule has 0 spiro atoms. The molecule has 3 N–H and O–H groups in total. The lowest BCUT2D eigenvalue weighted by Gasteiger charge is -2.41. The summed E-state index contributed by atoms with van der Waals surface area (Å²) < 4.78 is 0. The molecule has 1 saturated carbocycles. The summed E-state index contributed by atoms with van der Waals surface area (Å²) in [6.07, 6.45) is 7.98. The van der Waals surface area contributed by atoms with Crippen molar-refractivity contribution in [2.45, 2.75) is 62.7 Å². The van der Waals surface area contributed by atoms with E-state index >= 15 is 0 Å². The van der Waals surface area contributed by atoms with Gasteiger partial charge in [-0.15, -0.1) is 0 Å². The number of nitrogens with one attached hydrogen (secondary N) is 1. The third-order valence-corrected chi connectivity index (χ3v) is 4.47. The minimum absolute atomic E-state index is 0.481. The zero-order chi connectivity index (χ0) is 10.3. The molecule has 2 saturated heterocycles. The predicted octanol–water partition coefficient (Wildman–Crippen LogP) is 0.692. The zero-order valence-electron chi connectivity index (χ0n) is 9.49. The van der Waals surface area contributed by atoms with Crippen LogP contribution in [0.15, 0.2) is 0 Å². The van der Waals surface area contributed by atoms with Gasteiger partial charge in [-0.05, 0) is 51.6 Å². The summed E-state index contributed by atoms with van der Waals surface area (Å²) in [4.78, 5) is 2.69. The van der Waals surface area contributed by atoms with Gasteiger partial charge in [-0.25, -0.2) is 0 Å². The number of hydrogen-bond donors (Lipinski definition) is 2. The molecular formula is C12H23N3. The highest BCUT2D eigenvalue weighted by Gasteiger charge is 2.34. The molecule has 3 fully saturated rings. The summed E-state index contributed by atoms with van der Waals surface area (Å²) in [7, 11) is 0. The third-order valence-electron chi connectivity index (χ3n) is 4.47. The number of piperidine rings is 1. The summed E-state index contributed by atoms with van der Waals surface area (Å²) in [5.41, 5.74) is 5.81. The summed E-state index contributed by atoms with van der Waals surface area (Å²) >= 11 is 0. The molecule has 1 aliphatic carbocycles. The first kappa shape index (κ1) is 10.1. The average molecular weight is 209 g/mol. The second-order valence-corrected chi connectivity index (χ2v) is 5.65. The summed E-state index contributed by atoms with van der Waals surface area (Å²) in [5, 5.41) is 3.79. The first-order valence-electron chi connectivity index (χ1n) is 6.57. The lowest BCUT2D eigenvalue weighted by Crippen LogP contribution is -2.55. The van der Waals surface area contributed by atoms with Gasteiger partial charge in [0.25, 0.3) is 0 Å². The van der Waals surface area contributed by atoms with E-state index in [-0.39, 0.29) is 0 Å². The van der Waals surface area contributed by atoms with Crippen LogP contribution < -0.4 is 11.1 Å². The monoisotopic (exact) mass is 209 g/mol. The van der Waals surface area contributed by atoms with Gasteiger partial charge in [0, 0.05) is 24.2 Å². The average Bonchev–Trinajstić information content (AvgIpc) is 2.62. The van der Waals surface area contributed by atoms with Gasteiger partial charge in [-0.1, -0.05) is 0 Å². The van der Waals surface area contributed by atoms with Crippen molar-refractivity contribution in [2.24, 2.45) is 5.73 Å². The molecule has 3 heteroatoms. The van der Waals surface area contributed by atoms with E-state index in [9.17, 15) is 0 Å². The Bertz CT molecular complexity index is 225. The summed E-state index contributed by atoms with van der Waals surface area (Å²) in [6, 6.07) is 2.89. The van der Waals surface area contributed by atoms with Crippen LogP contribution in [0.2, 0.25) is 0 Å². The van der Waals surface area contributed by atoms with Crippen LogP contribution in [0, 0.1) is 0 Å². The van der Waals surface area contributed by atoms with Crippen molar-refractivity contribution in [1.82, 2.24) is 10.2 Å². The van der Waals surface area contributed by atoms with Crippen LogP contribution in [0.3, 0.4) is 0 Å². The number of hydrogen-bond acceptors (Lipinski definition) is 3. The number of nitrogens with zero attached hydrogens (tertiary/aromatic N) is 1. The van der Waals surface area contributed by atoms with Gasteiger partial charge in [0.2, 0.25) is 0 Å². The van der Waals surface area contributed by atoms with E-state index in [2.05, 4.69) is 10.2 Å². The van der Waals surface area contributed by atoms with Gasteiger partial charge in [-0.3, -0.25) is 0 Å². The fourth-order valence-electron chi connectivity index (χ4n) is 3.51. The summed E-state index contributed by atoms with van der Waals surface area (Å²) in [5.74, 6) is 0. The molecule has 2 heterocycles. The van der Waals surface area contributed by atoms with Crippen LogP contribution in [0.1, 0.15) is 38.5 Å². The number of rotatable bonds is 2. The Balaban J connectivity index is 1.47. The van der Waals surface area contributed by atoms with Crippen molar-refractivity contribution in [3.8, 4) is 0 Å². The van der Waals surface area contributed by atoms with Gasteiger partial charge < -0.3 is 16.0 Å². The Morgan fingerprint density at radius 2 is 1.87 bits per heavy atom. The SMILES string of the molecule is NC1CC(NC2CCN3CCCC3C2)C1. The molecule has 3 nitrogen and oxygen atoms in total. The normalized spacial score (nSPS) is 46.2. The van der Waals surface area contributed by atoms with Crippen molar-refractivity contribution < 1.29 is 0 Å².